The van der Waals surface area contributed by atoms with Crippen LogP contribution >= 0.6 is 0 Å². The quantitative estimate of drug-likeness (QED) is 0.677. The summed E-state index contributed by atoms with van der Waals surface area (Å²) in [5.41, 5.74) is 2.82. The third-order valence-electron chi connectivity index (χ3n) is 3.97. The van der Waals surface area contributed by atoms with Crippen molar-refractivity contribution in [3.8, 4) is 0 Å². The van der Waals surface area contributed by atoms with Crippen LogP contribution in [0.25, 0.3) is 0 Å². The molecule has 0 heterocycles. The molecule has 0 aliphatic heterocycles. The summed E-state index contributed by atoms with van der Waals surface area (Å²) in [7, 11) is 0. The van der Waals surface area contributed by atoms with E-state index < -0.39 is 0 Å². The van der Waals surface area contributed by atoms with E-state index in [-0.39, 0.29) is 0 Å². The first kappa shape index (κ1) is 16.2. The van der Waals surface area contributed by atoms with Gasteiger partial charge < -0.3 is 5.32 Å². The Morgan fingerprint density at radius 2 is 1.79 bits per heavy atom. The van der Waals surface area contributed by atoms with Crippen LogP contribution in [-0.2, 0) is 6.42 Å². The molecule has 0 aliphatic rings. The van der Waals surface area contributed by atoms with Crippen LogP contribution in [0.4, 0.5) is 0 Å². The van der Waals surface area contributed by atoms with Gasteiger partial charge in [-0.2, -0.15) is 0 Å². The Balaban J connectivity index is 2.44. The molecule has 0 fully saturated rings. The highest BCUT2D eigenvalue weighted by atomic mass is 14.9. The molecule has 1 heteroatoms. The molecule has 1 rings (SSSR count). The molecule has 2 atom stereocenters. The van der Waals surface area contributed by atoms with Crippen LogP contribution in [0.2, 0.25) is 0 Å². The van der Waals surface area contributed by atoms with Crippen molar-refractivity contribution in [3.05, 3.63) is 35.4 Å². The van der Waals surface area contributed by atoms with Crippen LogP contribution in [-0.4, -0.2) is 12.6 Å². The lowest BCUT2D eigenvalue weighted by Gasteiger charge is -2.21. The third kappa shape index (κ3) is 6.77. The predicted octanol–water partition coefficient (Wildman–Crippen LogP) is 4.73. The summed E-state index contributed by atoms with van der Waals surface area (Å²) in [6.07, 6.45) is 6.27. The van der Waals surface area contributed by atoms with E-state index in [1.807, 2.05) is 0 Å². The van der Waals surface area contributed by atoms with Gasteiger partial charge in [0, 0.05) is 6.04 Å². The van der Waals surface area contributed by atoms with Gasteiger partial charge in [-0.05, 0) is 50.6 Å². The van der Waals surface area contributed by atoms with Gasteiger partial charge in [0.15, 0.2) is 0 Å². The lowest BCUT2D eigenvalue weighted by molar-refractivity contribution is 0.377. The topological polar surface area (TPSA) is 12.0 Å². The Labute approximate surface area is 119 Å². The van der Waals surface area contributed by atoms with Crippen molar-refractivity contribution >= 4 is 0 Å². The highest BCUT2D eigenvalue weighted by Crippen LogP contribution is 2.15. The van der Waals surface area contributed by atoms with Crippen LogP contribution in [0.1, 0.15) is 57.6 Å². The minimum absolute atomic E-state index is 0.677. The van der Waals surface area contributed by atoms with E-state index >= 15 is 0 Å². The van der Waals surface area contributed by atoms with Gasteiger partial charge in [0.1, 0.15) is 0 Å². The van der Waals surface area contributed by atoms with Crippen LogP contribution in [0.3, 0.4) is 0 Å². The first-order chi connectivity index (χ1) is 9.15. The zero-order valence-corrected chi connectivity index (χ0v) is 13.2. The molecule has 1 nitrogen and oxygen atoms in total. The number of rotatable bonds is 9. The van der Waals surface area contributed by atoms with Gasteiger partial charge >= 0.3 is 0 Å². The van der Waals surface area contributed by atoms with Crippen molar-refractivity contribution < 1.29 is 0 Å². The largest absolute Gasteiger partial charge is 0.314 e. The lowest BCUT2D eigenvalue weighted by atomic mass is 9.94. The number of aryl methyl sites for hydroxylation is 2. The van der Waals surface area contributed by atoms with E-state index in [9.17, 15) is 0 Å². The second kappa shape index (κ2) is 9.14. The molecule has 0 amide bonds. The third-order valence-corrected chi connectivity index (χ3v) is 3.97. The predicted molar refractivity (Wildman–Crippen MR) is 85.7 cm³/mol. The maximum Gasteiger partial charge on any atom is 0.00727 e. The van der Waals surface area contributed by atoms with E-state index in [1.165, 1.54) is 43.2 Å². The van der Waals surface area contributed by atoms with Gasteiger partial charge in [0.2, 0.25) is 0 Å². The Bertz CT molecular complexity index is 328. The van der Waals surface area contributed by atoms with Crippen molar-refractivity contribution in [2.45, 2.75) is 65.8 Å². The second-order valence-electron chi connectivity index (χ2n) is 5.92. The molecule has 0 aliphatic carbocycles. The lowest BCUT2D eigenvalue weighted by Crippen LogP contribution is -2.31. The van der Waals surface area contributed by atoms with E-state index in [2.05, 4.69) is 57.3 Å². The molecule has 0 saturated heterocycles. The molecular formula is C18H31N. The molecule has 0 aromatic heterocycles. The average molecular weight is 261 g/mol. The summed E-state index contributed by atoms with van der Waals surface area (Å²) in [6, 6.07) is 9.67. The SMILES string of the molecule is CCCNC(CCc1ccc(C)cc1)CC(C)CC. The summed E-state index contributed by atoms with van der Waals surface area (Å²) in [4.78, 5) is 0. The molecule has 19 heavy (non-hydrogen) atoms. The van der Waals surface area contributed by atoms with Crippen molar-refractivity contribution in [1.82, 2.24) is 5.32 Å². The fourth-order valence-corrected chi connectivity index (χ4v) is 2.40. The molecule has 0 radical (unpaired) electrons. The number of hydrogen-bond donors (Lipinski definition) is 1. The number of benzene rings is 1. The standard InChI is InChI=1S/C18H31N/c1-5-13-19-18(14-15(3)6-2)12-11-17-9-7-16(4)8-10-17/h7-10,15,18-19H,5-6,11-14H2,1-4H3. The van der Waals surface area contributed by atoms with Crippen LogP contribution in [0.15, 0.2) is 24.3 Å². The maximum atomic E-state index is 3.72. The van der Waals surface area contributed by atoms with Crippen LogP contribution < -0.4 is 5.32 Å². The van der Waals surface area contributed by atoms with Gasteiger partial charge in [-0.1, -0.05) is 57.0 Å². The maximum absolute atomic E-state index is 3.72. The highest BCUT2D eigenvalue weighted by Gasteiger charge is 2.11. The summed E-state index contributed by atoms with van der Waals surface area (Å²) >= 11 is 0. The molecule has 1 aromatic rings. The fraction of sp³-hybridized carbons (Fsp3) is 0.667. The van der Waals surface area contributed by atoms with Crippen molar-refractivity contribution in [3.63, 3.8) is 0 Å². The molecule has 0 saturated carbocycles. The fourth-order valence-electron chi connectivity index (χ4n) is 2.40. The van der Waals surface area contributed by atoms with Gasteiger partial charge in [-0.25, -0.2) is 0 Å². The minimum atomic E-state index is 0.677. The first-order valence-corrected chi connectivity index (χ1v) is 7.94. The second-order valence-corrected chi connectivity index (χ2v) is 5.92. The normalized spacial score (nSPS) is 14.3. The van der Waals surface area contributed by atoms with Gasteiger partial charge in [0.25, 0.3) is 0 Å². The Hall–Kier alpha value is -0.820. The number of hydrogen-bond acceptors (Lipinski definition) is 1. The van der Waals surface area contributed by atoms with Crippen LogP contribution in [0.5, 0.6) is 0 Å². The van der Waals surface area contributed by atoms with E-state index in [0.717, 1.165) is 12.5 Å². The number of nitrogens with one attached hydrogen (secondary N) is 1. The summed E-state index contributed by atoms with van der Waals surface area (Å²) in [5, 5.41) is 3.72. The smallest absolute Gasteiger partial charge is 0.00727 e. The van der Waals surface area contributed by atoms with Crippen molar-refractivity contribution in [1.29, 1.82) is 0 Å². The van der Waals surface area contributed by atoms with Crippen LogP contribution in [0, 0.1) is 12.8 Å². The molecule has 2 unspecified atom stereocenters. The average Bonchev–Trinajstić information content (AvgIpc) is 2.43. The first-order valence-electron chi connectivity index (χ1n) is 7.94. The van der Waals surface area contributed by atoms with Gasteiger partial charge in [0.05, 0.1) is 0 Å². The summed E-state index contributed by atoms with van der Waals surface area (Å²) < 4.78 is 0. The zero-order valence-electron chi connectivity index (χ0n) is 13.2. The minimum Gasteiger partial charge on any atom is -0.314 e. The molecule has 0 spiro atoms. The summed E-state index contributed by atoms with van der Waals surface area (Å²) in [5.74, 6) is 0.826. The zero-order chi connectivity index (χ0) is 14.1. The summed E-state index contributed by atoms with van der Waals surface area (Å²) in [6.45, 7) is 10.2. The highest BCUT2D eigenvalue weighted by molar-refractivity contribution is 5.21. The Kier molecular flexibility index (Phi) is 7.81. The van der Waals surface area contributed by atoms with E-state index in [0.29, 0.717) is 6.04 Å². The Morgan fingerprint density at radius 1 is 1.11 bits per heavy atom. The molecular weight excluding hydrogens is 230 g/mol. The molecule has 1 aromatic carbocycles. The Morgan fingerprint density at radius 3 is 2.37 bits per heavy atom. The monoisotopic (exact) mass is 261 g/mol. The molecule has 1 N–H and O–H groups in total. The van der Waals surface area contributed by atoms with Gasteiger partial charge in [-0.15, -0.1) is 0 Å². The van der Waals surface area contributed by atoms with Gasteiger partial charge in [-0.3, -0.25) is 0 Å². The van der Waals surface area contributed by atoms with Crippen molar-refractivity contribution in [2.75, 3.05) is 6.54 Å². The van der Waals surface area contributed by atoms with E-state index in [1.54, 1.807) is 0 Å². The molecule has 0 bridgehead atoms. The van der Waals surface area contributed by atoms with Crippen molar-refractivity contribution in [2.24, 2.45) is 5.92 Å². The molecule has 108 valence electrons. The van der Waals surface area contributed by atoms with E-state index in [4.69, 9.17) is 0 Å².